The maximum atomic E-state index is 12.8. The summed E-state index contributed by atoms with van der Waals surface area (Å²) in [6.07, 6.45) is 5.23. The molecule has 0 N–H and O–H groups in total. The van der Waals surface area contributed by atoms with Gasteiger partial charge in [-0.3, -0.25) is 9.59 Å². The van der Waals surface area contributed by atoms with Crippen molar-refractivity contribution in [2.24, 2.45) is 0 Å². The first-order chi connectivity index (χ1) is 11.1. The van der Waals surface area contributed by atoms with E-state index in [1.54, 1.807) is 36.2 Å². The average molecular weight is 332 g/mol. The molecule has 0 aromatic heterocycles. The highest BCUT2D eigenvalue weighted by molar-refractivity contribution is 6.36. The number of hydrogen-bond acceptors (Lipinski definition) is 2. The summed E-state index contributed by atoms with van der Waals surface area (Å²) >= 11 is 6.22. The summed E-state index contributed by atoms with van der Waals surface area (Å²) in [6.45, 7) is 2.88. The van der Waals surface area contributed by atoms with Crippen LogP contribution in [0.2, 0.25) is 5.02 Å². The lowest BCUT2D eigenvalue weighted by Crippen LogP contribution is -2.28. The summed E-state index contributed by atoms with van der Waals surface area (Å²) in [5.74, 6) is -0.0718. The number of rotatable bonds is 7. The van der Waals surface area contributed by atoms with Crippen LogP contribution in [0.1, 0.15) is 53.3 Å². The van der Waals surface area contributed by atoms with Crippen molar-refractivity contribution in [3.8, 4) is 0 Å². The number of fused-ring (bicyclic) bond motifs is 1. The Morgan fingerprint density at radius 3 is 2.65 bits per heavy atom. The monoisotopic (exact) mass is 331 g/mol. The van der Waals surface area contributed by atoms with Gasteiger partial charge >= 0.3 is 0 Å². The molecule has 0 aliphatic rings. The molecule has 0 radical (unpaired) electrons. The van der Waals surface area contributed by atoms with Crippen LogP contribution in [0.3, 0.4) is 0 Å². The average Bonchev–Trinajstić information content (AvgIpc) is 2.58. The molecule has 4 heteroatoms. The molecular weight excluding hydrogens is 310 g/mol. The summed E-state index contributed by atoms with van der Waals surface area (Å²) in [4.78, 5) is 25.8. The van der Waals surface area contributed by atoms with Gasteiger partial charge in [0.1, 0.15) is 0 Å². The molecule has 0 atom stereocenters. The number of benzene rings is 2. The van der Waals surface area contributed by atoms with Gasteiger partial charge in [0.2, 0.25) is 0 Å². The fourth-order valence-electron chi connectivity index (χ4n) is 2.76. The minimum Gasteiger partial charge on any atom is -0.342 e. The molecule has 0 aliphatic heterocycles. The number of nitrogens with zero attached hydrogens (tertiary/aromatic N) is 1. The topological polar surface area (TPSA) is 37.4 Å². The minimum atomic E-state index is -0.0718. The number of aldehydes is 1. The first-order valence-corrected chi connectivity index (χ1v) is 8.39. The highest BCUT2D eigenvalue weighted by atomic mass is 35.5. The van der Waals surface area contributed by atoms with Crippen molar-refractivity contribution in [2.75, 3.05) is 13.6 Å². The predicted molar refractivity (Wildman–Crippen MR) is 95.4 cm³/mol. The van der Waals surface area contributed by atoms with Crippen LogP contribution in [0.4, 0.5) is 0 Å². The van der Waals surface area contributed by atoms with Crippen LogP contribution < -0.4 is 0 Å². The molecule has 3 nitrogen and oxygen atoms in total. The largest absolute Gasteiger partial charge is 0.342 e. The summed E-state index contributed by atoms with van der Waals surface area (Å²) in [7, 11) is 1.80. The Morgan fingerprint density at radius 1 is 1.17 bits per heavy atom. The number of carbonyl (C=O) groups is 2. The quantitative estimate of drug-likeness (QED) is 0.531. The van der Waals surface area contributed by atoms with Gasteiger partial charge in [0.15, 0.2) is 6.29 Å². The summed E-state index contributed by atoms with van der Waals surface area (Å²) in [5, 5.41) is 1.92. The second kappa shape index (κ2) is 8.11. The molecule has 23 heavy (non-hydrogen) atoms. The van der Waals surface area contributed by atoms with Crippen LogP contribution in [0.5, 0.6) is 0 Å². The molecule has 122 valence electrons. The second-order valence-corrected chi connectivity index (χ2v) is 6.18. The van der Waals surface area contributed by atoms with E-state index in [0.717, 1.165) is 24.5 Å². The van der Waals surface area contributed by atoms with E-state index in [-0.39, 0.29) is 5.91 Å². The Kier molecular flexibility index (Phi) is 6.17. The maximum absolute atomic E-state index is 12.8. The molecule has 1 amide bonds. The lowest BCUT2D eigenvalue weighted by Gasteiger charge is -2.19. The maximum Gasteiger partial charge on any atom is 0.254 e. The van der Waals surface area contributed by atoms with Crippen molar-refractivity contribution >= 4 is 34.6 Å². The molecule has 0 saturated heterocycles. The zero-order valence-corrected chi connectivity index (χ0v) is 14.4. The van der Waals surface area contributed by atoms with E-state index in [2.05, 4.69) is 6.92 Å². The Morgan fingerprint density at radius 2 is 1.96 bits per heavy atom. The first kappa shape index (κ1) is 17.5. The lowest BCUT2D eigenvalue weighted by atomic mass is 9.99. The fourth-order valence-corrected chi connectivity index (χ4v) is 2.98. The van der Waals surface area contributed by atoms with Crippen molar-refractivity contribution < 1.29 is 9.59 Å². The van der Waals surface area contributed by atoms with E-state index in [1.165, 1.54) is 12.8 Å². The third-order valence-corrected chi connectivity index (χ3v) is 4.40. The van der Waals surface area contributed by atoms with Crippen LogP contribution in [-0.2, 0) is 0 Å². The molecule has 0 aliphatic carbocycles. The SMILES string of the molecule is CCCCCCN(C)C(=O)c1cccc2c(Cl)ccc(C=O)c12. The second-order valence-electron chi connectivity index (χ2n) is 5.77. The fraction of sp³-hybridized carbons (Fsp3) is 0.368. The van der Waals surface area contributed by atoms with Crippen molar-refractivity contribution in [1.82, 2.24) is 4.90 Å². The summed E-state index contributed by atoms with van der Waals surface area (Å²) in [6, 6.07) is 8.76. The first-order valence-electron chi connectivity index (χ1n) is 8.02. The number of carbonyl (C=O) groups excluding carboxylic acids is 2. The van der Waals surface area contributed by atoms with Gasteiger partial charge in [0, 0.05) is 40.5 Å². The number of halogens is 1. The van der Waals surface area contributed by atoms with Crippen molar-refractivity contribution in [3.05, 3.63) is 46.5 Å². The summed E-state index contributed by atoms with van der Waals surface area (Å²) in [5.41, 5.74) is 1.03. The number of amides is 1. The Labute approximate surface area is 142 Å². The predicted octanol–water partition coefficient (Wildman–Crippen LogP) is 4.96. The van der Waals surface area contributed by atoms with Crippen molar-refractivity contribution in [3.63, 3.8) is 0 Å². The molecule has 0 fully saturated rings. The van der Waals surface area contributed by atoms with E-state index >= 15 is 0 Å². The van der Waals surface area contributed by atoms with Crippen LogP contribution in [-0.4, -0.2) is 30.7 Å². The van der Waals surface area contributed by atoms with Crippen LogP contribution in [0.15, 0.2) is 30.3 Å². The van der Waals surface area contributed by atoms with Gasteiger partial charge in [0.25, 0.3) is 5.91 Å². The third-order valence-electron chi connectivity index (χ3n) is 4.07. The smallest absolute Gasteiger partial charge is 0.254 e. The van der Waals surface area contributed by atoms with Gasteiger partial charge in [-0.25, -0.2) is 0 Å². The van der Waals surface area contributed by atoms with Crippen LogP contribution in [0, 0.1) is 0 Å². The van der Waals surface area contributed by atoms with Crippen LogP contribution in [0.25, 0.3) is 10.8 Å². The zero-order chi connectivity index (χ0) is 16.8. The minimum absolute atomic E-state index is 0.0718. The normalized spacial score (nSPS) is 10.7. The van der Waals surface area contributed by atoms with Crippen LogP contribution >= 0.6 is 11.6 Å². The zero-order valence-electron chi connectivity index (χ0n) is 13.6. The molecule has 0 heterocycles. The molecule has 0 saturated carbocycles. The highest BCUT2D eigenvalue weighted by Gasteiger charge is 2.17. The van der Waals surface area contributed by atoms with Crippen molar-refractivity contribution in [2.45, 2.75) is 32.6 Å². The molecule has 0 unspecified atom stereocenters. The highest BCUT2D eigenvalue weighted by Crippen LogP contribution is 2.29. The van der Waals surface area contributed by atoms with Gasteiger partial charge in [0.05, 0.1) is 0 Å². The van der Waals surface area contributed by atoms with Gasteiger partial charge in [-0.2, -0.15) is 0 Å². The molecule has 2 aromatic rings. The lowest BCUT2D eigenvalue weighted by molar-refractivity contribution is 0.0794. The van der Waals surface area contributed by atoms with E-state index in [0.29, 0.717) is 28.1 Å². The number of hydrogen-bond donors (Lipinski definition) is 0. The molecule has 2 rings (SSSR count). The molecular formula is C19H22ClNO2. The van der Waals surface area contributed by atoms with E-state index in [9.17, 15) is 9.59 Å². The van der Waals surface area contributed by atoms with Gasteiger partial charge < -0.3 is 4.90 Å². The Hall–Kier alpha value is -1.87. The van der Waals surface area contributed by atoms with E-state index in [4.69, 9.17) is 11.6 Å². The van der Waals surface area contributed by atoms with E-state index < -0.39 is 0 Å². The molecule has 0 bridgehead atoms. The van der Waals surface area contributed by atoms with E-state index in [1.807, 2.05) is 6.07 Å². The summed E-state index contributed by atoms with van der Waals surface area (Å²) < 4.78 is 0. The molecule has 2 aromatic carbocycles. The van der Waals surface area contributed by atoms with Gasteiger partial charge in [-0.15, -0.1) is 0 Å². The van der Waals surface area contributed by atoms with Crippen molar-refractivity contribution in [1.29, 1.82) is 0 Å². The Bertz CT molecular complexity index is 712. The molecule has 0 spiro atoms. The number of unbranched alkanes of at least 4 members (excludes halogenated alkanes) is 3. The Balaban J connectivity index is 2.33. The standard InChI is InChI=1S/C19H22ClNO2/c1-3-4-5-6-12-21(2)19(23)16-9-7-8-15-17(20)11-10-14(13-22)18(15)16/h7-11,13H,3-6,12H2,1-2H3. The van der Waals surface area contributed by atoms with Gasteiger partial charge in [-0.1, -0.05) is 49.9 Å². The third kappa shape index (κ3) is 3.91. The van der Waals surface area contributed by atoms with Gasteiger partial charge in [-0.05, 0) is 24.6 Å².